The molecule has 0 bridgehead atoms. The van der Waals surface area contributed by atoms with Crippen LogP contribution in [0.1, 0.15) is 18.0 Å². The van der Waals surface area contributed by atoms with E-state index < -0.39 is 12.4 Å². The zero-order valence-corrected chi connectivity index (χ0v) is 14.2. The molecule has 2 atom stereocenters. The second-order valence-electron chi connectivity index (χ2n) is 5.23. The SMILES string of the molecule is COc1ccc(C2CC(OC(=O)O)N=C3C(Cl)=CC(Cl)=CN32)cc1. The van der Waals surface area contributed by atoms with Crippen molar-refractivity contribution in [2.24, 2.45) is 4.99 Å². The number of hydrogen-bond donors (Lipinski definition) is 1. The summed E-state index contributed by atoms with van der Waals surface area (Å²) in [4.78, 5) is 17.0. The van der Waals surface area contributed by atoms with Gasteiger partial charge >= 0.3 is 6.16 Å². The highest BCUT2D eigenvalue weighted by atomic mass is 35.5. The zero-order chi connectivity index (χ0) is 17.3. The number of allylic oxidation sites excluding steroid dienone is 2. The van der Waals surface area contributed by atoms with Gasteiger partial charge in [-0.15, -0.1) is 0 Å². The zero-order valence-electron chi connectivity index (χ0n) is 12.6. The van der Waals surface area contributed by atoms with Gasteiger partial charge in [-0.2, -0.15) is 0 Å². The van der Waals surface area contributed by atoms with Crippen molar-refractivity contribution in [1.82, 2.24) is 4.90 Å². The molecule has 2 unspecified atom stereocenters. The molecular weight excluding hydrogens is 355 g/mol. The van der Waals surface area contributed by atoms with Gasteiger partial charge in [-0.05, 0) is 23.8 Å². The Balaban J connectivity index is 1.99. The van der Waals surface area contributed by atoms with Crippen LogP contribution in [-0.2, 0) is 4.74 Å². The van der Waals surface area contributed by atoms with Crippen LogP contribution in [0.15, 0.2) is 51.6 Å². The van der Waals surface area contributed by atoms with E-state index in [1.54, 1.807) is 19.4 Å². The minimum atomic E-state index is -1.38. The van der Waals surface area contributed by atoms with Crippen LogP contribution in [0.5, 0.6) is 5.75 Å². The Morgan fingerprint density at radius 3 is 2.67 bits per heavy atom. The molecular formula is C16H14Cl2N2O4. The van der Waals surface area contributed by atoms with Gasteiger partial charge in [-0.3, -0.25) is 0 Å². The number of rotatable bonds is 3. The van der Waals surface area contributed by atoms with E-state index in [0.717, 1.165) is 11.3 Å². The third-order valence-corrected chi connectivity index (χ3v) is 4.23. The van der Waals surface area contributed by atoms with Gasteiger partial charge in [0.25, 0.3) is 0 Å². The Hall–Kier alpha value is -2.18. The number of nitrogens with zero attached hydrogens (tertiary/aromatic N) is 2. The predicted octanol–water partition coefficient (Wildman–Crippen LogP) is 4.08. The Morgan fingerprint density at radius 2 is 2.04 bits per heavy atom. The molecule has 2 aliphatic heterocycles. The minimum Gasteiger partial charge on any atom is -0.497 e. The molecule has 2 aliphatic rings. The molecule has 1 aromatic carbocycles. The molecule has 0 saturated heterocycles. The molecule has 1 N–H and O–H groups in total. The highest BCUT2D eigenvalue weighted by Crippen LogP contribution is 2.37. The van der Waals surface area contributed by atoms with Gasteiger partial charge in [0.05, 0.1) is 23.2 Å². The van der Waals surface area contributed by atoms with E-state index in [1.807, 2.05) is 29.2 Å². The van der Waals surface area contributed by atoms with Gasteiger partial charge in [0.1, 0.15) is 5.75 Å². The fourth-order valence-corrected chi connectivity index (χ4v) is 3.25. The Morgan fingerprint density at radius 1 is 1.33 bits per heavy atom. The second-order valence-corrected chi connectivity index (χ2v) is 6.07. The molecule has 0 spiro atoms. The summed E-state index contributed by atoms with van der Waals surface area (Å²) in [5.41, 5.74) is 0.939. The van der Waals surface area contributed by atoms with Gasteiger partial charge in [0.15, 0.2) is 5.84 Å². The molecule has 0 fully saturated rings. The van der Waals surface area contributed by atoms with Crippen molar-refractivity contribution in [3.63, 3.8) is 0 Å². The van der Waals surface area contributed by atoms with Crippen LogP contribution in [0.2, 0.25) is 0 Å². The molecule has 1 aromatic rings. The van der Waals surface area contributed by atoms with E-state index in [-0.39, 0.29) is 6.04 Å². The third kappa shape index (κ3) is 3.34. The molecule has 6 nitrogen and oxygen atoms in total. The van der Waals surface area contributed by atoms with E-state index >= 15 is 0 Å². The highest BCUT2D eigenvalue weighted by molar-refractivity contribution is 6.45. The molecule has 0 amide bonds. The van der Waals surface area contributed by atoms with Crippen molar-refractivity contribution in [2.45, 2.75) is 18.7 Å². The van der Waals surface area contributed by atoms with Gasteiger partial charge < -0.3 is 19.5 Å². The molecule has 0 saturated carbocycles. The normalized spacial score (nSPS) is 22.8. The first-order valence-corrected chi connectivity index (χ1v) is 7.88. The monoisotopic (exact) mass is 368 g/mol. The van der Waals surface area contributed by atoms with E-state index in [2.05, 4.69) is 4.99 Å². The van der Waals surface area contributed by atoms with Crippen molar-refractivity contribution in [3.8, 4) is 5.75 Å². The van der Waals surface area contributed by atoms with Gasteiger partial charge in [-0.25, -0.2) is 9.79 Å². The number of aliphatic imine (C=N–C) groups is 1. The summed E-state index contributed by atoms with van der Waals surface area (Å²) >= 11 is 12.3. The van der Waals surface area contributed by atoms with Crippen molar-refractivity contribution in [1.29, 1.82) is 0 Å². The number of benzene rings is 1. The highest BCUT2D eigenvalue weighted by Gasteiger charge is 2.35. The lowest BCUT2D eigenvalue weighted by Crippen LogP contribution is -2.40. The van der Waals surface area contributed by atoms with Crippen LogP contribution in [-0.4, -0.2) is 35.3 Å². The molecule has 126 valence electrons. The number of carbonyl (C=O) groups is 1. The van der Waals surface area contributed by atoms with Crippen molar-refractivity contribution < 1.29 is 19.4 Å². The third-order valence-electron chi connectivity index (χ3n) is 3.75. The number of amidine groups is 1. The average molecular weight is 369 g/mol. The van der Waals surface area contributed by atoms with Crippen LogP contribution in [0, 0.1) is 0 Å². The Kier molecular flexibility index (Phi) is 4.69. The molecule has 0 radical (unpaired) electrons. The van der Waals surface area contributed by atoms with Crippen LogP contribution in [0.4, 0.5) is 4.79 Å². The minimum absolute atomic E-state index is 0.219. The number of ether oxygens (including phenoxy) is 2. The molecule has 3 rings (SSSR count). The Bertz CT molecular complexity index is 743. The van der Waals surface area contributed by atoms with E-state index in [1.165, 1.54) is 0 Å². The first-order chi connectivity index (χ1) is 11.5. The van der Waals surface area contributed by atoms with Crippen LogP contribution >= 0.6 is 23.2 Å². The van der Waals surface area contributed by atoms with Gasteiger partial charge in [0, 0.05) is 12.6 Å². The van der Waals surface area contributed by atoms with E-state index in [0.29, 0.717) is 22.3 Å². The largest absolute Gasteiger partial charge is 0.507 e. The summed E-state index contributed by atoms with van der Waals surface area (Å²) < 4.78 is 10.0. The number of fused-ring (bicyclic) bond motifs is 1. The second kappa shape index (κ2) is 6.75. The maximum atomic E-state index is 10.9. The van der Waals surface area contributed by atoms with E-state index in [9.17, 15) is 4.79 Å². The summed E-state index contributed by atoms with van der Waals surface area (Å²) in [6.45, 7) is 0. The predicted molar refractivity (Wildman–Crippen MR) is 90.4 cm³/mol. The van der Waals surface area contributed by atoms with Crippen molar-refractivity contribution in [2.75, 3.05) is 7.11 Å². The fourth-order valence-electron chi connectivity index (χ4n) is 2.71. The average Bonchev–Trinajstić information content (AvgIpc) is 2.54. The first-order valence-electron chi connectivity index (χ1n) is 7.12. The Labute approximate surface area is 148 Å². The lowest BCUT2D eigenvalue weighted by atomic mass is 9.98. The van der Waals surface area contributed by atoms with Crippen LogP contribution in [0.3, 0.4) is 0 Å². The lowest BCUT2D eigenvalue weighted by Gasteiger charge is -2.38. The van der Waals surface area contributed by atoms with Gasteiger partial charge in [-0.1, -0.05) is 35.3 Å². The summed E-state index contributed by atoms with van der Waals surface area (Å²) in [5.74, 6) is 1.16. The number of methoxy groups -OCH3 is 1. The maximum Gasteiger partial charge on any atom is 0.507 e. The fraction of sp³-hybridized carbons (Fsp3) is 0.250. The summed E-state index contributed by atoms with van der Waals surface area (Å²) in [6, 6.07) is 7.25. The summed E-state index contributed by atoms with van der Waals surface area (Å²) in [7, 11) is 1.59. The van der Waals surface area contributed by atoms with Crippen LogP contribution in [0.25, 0.3) is 0 Å². The molecule has 0 aliphatic carbocycles. The standard InChI is InChI=1S/C16H14Cl2N2O4/c1-23-11-4-2-9(3-5-11)13-7-14(24-16(21)22)19-15-12(18)6-10(17)8-20(13)15/h2-6,8,13-14H,7H2,1H3,(H,21,22). The molecule has 2 heterocycles. The van der Waals surface area contributed by atoms with Crippen molar-refractivity contribution in [3.05, 3.63) is 52.2 Å². The number of halogens is 2. The number of carboxylic acid groups (broad SMARTS) is 1. The van der Waals surface area contributed by atoms with E-state index in [4.69, 9.17) is 37.8 Å². The lowest BCUT2D eigenvalue weighted by molar-refractivity contribution is 0.0388. The quantitative estimate of drug-likeness (QED) is 0.813. The first kappa shape index (κ1) is 16.7. The number of hydrogen-bond acceptors (Lipinski definition) is 5. The maximum absolute atomic E-state index is 10.9. The molecule has 8 heteroatoms. The smallest absolute Gasteiger partial charge is 0.497 e. The molecule has 0 aromatic heterocycles. The van der Waals surface area contributed by atoms with Gasteiger partial charge in [0.2, 0.25) is 6.23 Å². The summed E-state index contributed by atoms with van der Waals surface area (Å²) in [5, 5.41) is 9.69. The topological polar surface area (TPSA) is 71.4 Å². The summed E-state index contributed by atoms with van der Waals surface area (Å²) in [6.07, 6.45) is 1.40. The molecule has 24 heavy (non-hydrogen) atoms. The van der Waals surface area contributed by atoms with Crippen LogP contribution < -0.4 is 4.74 Å². The van der Waals surface area contributed by atoms with Crippen molar-refractivity contribution >= 4 is 35.2 Å².